The van der Waals surface area contributed by atoms with E-state index in [1.807, 2.05) is 42.5 Å². The van der Waals surface area contributed by atoms with E-state index >= 15 is 0 Å². The van der Waals surface area contributed by atoms with Crippen LogP contribution in [0.25, 0.3) is 0 Å². The quantitative estimate of drug-likeness (QED) is 0.880. The largest absolute Gasteiger partial charge is 0.334 e. The van der Waals surface area contributed by atoms with Gasteiger partial charge in [-0.15, -0.1) is 0 Å². The van der Waals surface area contributed by atoms with Crippen molar-refractivity contribution in [2.45, 2.75) is 19.4 Å². The molecule has 0 radical (unpaired) electrons. The lowest BCUT2D eigenvalue weighted by Gasteiger charge is -2.31. The number of ketones is 1. The number of aromatic nitrogens is 1. The van der Waals surface area contributed by atoms with Crippen molar-refractivity contribution >= 4 is 11.8 Å². The molecule has 0 unspecified atom stereocenters. The molecule has 1 fully saturated rings. The molecule has 1 aromatic heterocycles. The highest BCUT2D eigenvalue weighted by atomic mass is 16.2. The second-order valence-electron chi connectivity index (χ2n) is 6.01. The Labute approximate surface area is 141 Å². The molecule has 2 amide bonds. The highest BCUT2D eigenvalue weighted by molar-refractivity contribution is 5.97. The molecule has 0 spiro atoms. The van der Waals surface area contributed by atoms with E-state index in [1.165, 1.54) is 0 Å². The van der Waals surface area contributed by atoms with Crippen molar-refractivity contribution < 1.29 is 9.59 Å². The van der Waals surface area contributed by atoms with Crippen LogP contribution < -0.4 is 5.32 Å². The van der Waals surface area contributed by atoms with Gasteiger partial charge in [-0.3, -0.25) is 9.78 Å². The number of benzene rings is 1. The molecule has 5 nitrogen and oxygen atoms in total. The number of carbonyl (C=O) groups is 2. The van der Waals surface area contributed by atoms with Gasteiger partial charge in [0.05, 0.1) is 0 Å². The topological polar surface area (TPSA) is 62.3 Å². The van der Waals surface area contributed by atoms with Crippen molar-refractivity contribution in [1.29, 1.82) is 0 Å². The van der Waals surface area contributed by atoms with Crippen molar-refractivity contribution in [2.75, 3.05) is 13.1 Å². The molecule has 3 rings (SSSR count). The number of hydrogen-bond acceptors (Lipinski definition) is 3. The van der Waals surface area contributed by atoms with Gasteiger partial charge in [-0.1, -0.05) is 36.4 Å². The van der Waals surface area contributed by atoms with Crippen molar-refractivity contribution in [1.82, 2.24) is 15.2 Å². The number of carbonyl (C=O) groups excluding carboxylic acids is 2. The van der Waals surface area contributed by atoms with Crippen LogP contribution in [0.1, 0.15) is 28.8 Å². The standard InChI is InChI=1S/C19H21N3O2/c23-18(16-6-2-1-3-7-16)17-8-11-22(12-9-17)19(24)21-14-15-5-4-10-20-13-15/h1-7,10,13,17H,8-9,11-12,14H2,(H,21,24). The molecule has 2 aromatic rings. The van der Waals surface area contributed by atoms with Crippen molar-refractivity contribution in [3.63, 3.8) is 0 Å². The summed E-state index contributed by atoms with van der Waals surface area (Å²) in [4.78, 5) is 30.5. The Morgan fingerprint density at radius 2 is 1.83 bits per heavy atom. The summed E-state index contributed by atoms with van der Waals surface area (Å²) < 4.78 is 0. The number of Topliss-reactive ketones (excluding diaryl/α,β-unsaturated/α-hetero) is 1. The zero-order chi connectivity index (χ0) is 16.8. The van der Waals surface area contributed by atoms with Gasteiger partial charge in [0.2, 0.25) is 0 Å². The van der Waals surface area contributed by atoms with Gasteiger partial charge in [-0.2, -0.15) is 0 Å². The predicted octanol–water partition coefficient (Wildman–Crippen LogP) is 2.89. The van der Waals surface area contributed by atoms with E-state index in [9.17, 15) is 9.59 Å². The minimum absolute atomic E-state index is 0.00905. The summed E-state index contributed by atoms with van der Waals surface area (Å²) in [5.74, 6) is 0.195. The Kier molecular flexibility index (Phi) is 5.21. The van der Waals surface area contributed by atoms with Crippen LogP contribution in [-0.2, 0) is 6.54 Å². The van der Waals surface area contributed by atoms with Gasteiger partial charge in [0.25, 0.3) is 0 Å². The van der Waals surface area contributed by atoms with Crippen LogP contribution in [0.3, 0.4) is 0 Å². The Morgan fingerprint density at radius 3 is 2.50 bits per heavy atom. The number of hydrogen-bond donors (Lipinski definition) is 1. The minimum Gasteiger partial charge on any atom is -0.334 e. The van der Waals surface area contributed by atoms with Crippen LogP contribution in [0.4, 0.5) is 4.79 Å². The third kappa shape index (κ3) is 3.98. The molecule has 1 saturated heterocycles. The molecule has 1 aliphatic rings. The van der Waals surface area contributed by atoms with E-state index in [4.69, 9.17) is 0 Å². The first-order chi connectivity index (χ1) is 11.7. The first kappa shape index (κ1) is 16.2. The SMILES string of the molecule is O=C(c1ccccc1)C1CCN(C(=O)NCc2cccnc2)CC1. The fraction of sp³-hybridized carbons (Fsp3) is 0.316. The number of nitrogens with one attached hydrogen (secondary N) is 1. The summed E-state index contributed by atoms with van der Waals surface area (Å²) in [6.07, 6.45) is 4.88. The Hall–Kier alpha value is -2.69. The summed E-state index contributed by atoms with van der Waals surface area (Å²) in [5.41, 5.74) is 1.73. The predicted molar refractivity (Wildman–Crippen MR) is 91.5 cm³/mol. The number of urea groups is 1. The number of rotatable bonds is 4. The highest BCUT2D eigenvalue weighted by Gasteiger charge is 2.27. The summed E-state index contributed by atoms with van der Waals surface area (Å²) in [5, 5.41) is 2.91. The van der Waals surface area contributed by atoms with Gasteiger partial charge in [-0.05, 0) is 24.5 Å². The molecule has 1 N–H and O–H groups in total. The maximum Gasteiger partial charge on any atom is 0.317 e. The van der Waals surface area contributed by atoms with Gasteiger partial charge in [0, 0.05) is 43.5 Å². The third-order valence-electron chi connectivity index (χ3n) is 4.38. The Bertz CT molecular complexity index is 680. The van der Waals surface area contributed by atoms with Crippen LogP contribution in [0.2, 0.25) is 0 Å². The van der Waals surface area contributed by atoms with Gasteiger partial charge in [-0.25, -0.2) is 4.79 Å². The summed E-state index contributed by atoms with van der Waals surface area (Å²) in [7, 11) is 0. The zero-order valence-corrected chi connectivity index (χ0v) is 13.5. The molecular weight excluding hydrogens is 302 g/mol. The lowest BCUT2D eigenvalue weighted by atomic mass is 9.89. The number of nitrogens with zero attached hydrogens (tertiary/aromatic N) is 2. The van der Waals surface area contributed by atoms with Crippen LogP contribution >= 0.6 is 0 Å². The molecular formula is C19H21N3O2. The average Bonchev–Trinajstić information content (AvgIpc) is 2.67. The Morgan fingerprint density at radius 1 is 1.08 bits per heavy atom. The van der Waals surface area contributed by atoms with E-state index < -0.39 is 0 Å². The first-order valence-electron chi connectivity index (χ1n) is 8.25. The molecule has 0 saturated carbocycles. The molecule has 5 heteroatoms. The third-order valence-corrected chi connectivity index (χ3v) is 4.38. The van der Waals surface area contributed by atoms with E-state index in [2.05, 4.69) is 10.3 Å². The molecule has 1 aliphatic heterocycles. The van der Waals surface area contributed by atoms with Gasteiger partial charge in [0.15, 0.2) is 5.78 Å². The molecule has 124 valence electrons. The number of piperidine rings is 1. The van der Waals surface area contributed by atoms with E-state index in [1.54, 1.807) is 17.3 Å². The Balaban J connectivity index is 1.48. The second-order valence-corrected chi connectivity index (χ2v) is 6.01. The fourth-order valence-corrected chi connectivity index (χ4v) is 2.98. The van der Waals surface area contributed by atoms with Crippen molar-refractivity contribution in [3.05, 3.63) is 66.0 Å². The molecule has 0 bridgehead atoms. The molecule has 0 atom stereocenters. The second kappa shape index (κ2) is 7.73. The summed E-state index contributed by atoms with van der Waals surface area (Å²) in [6, 6.07) is 13.1. The average molecular weight is 323 g/mol. The molecule has 0 aliphatic carbocycles. The lowest BCUT2D eigenvalue weighted by molar-refractivity contribution is 0.0854. The van der Waals surface area contributed by atoms with Crippen LogP contribution in [0.5, 0.6) is 0 Å². The van der Waals surface area contributed by atoms with Crippen molar-refractivity contribution in [3.8, 4) is 0 Å². The lowest BCUT2D eigenvalue weighted by Crippen LogP contribution is -2.45. The van der Waals surface area contributed by atoms with Crippen molar-refractivity contribution in [2.24, 2.45) is 5.92 Å². The molecule has 2 heterocycles. The molecule has 24 heavy (non-hydrogen) atoms. The number of amides is 2. The van der Waals surface area contributed by atoms with E-state index in [0.29, 0.717) is 32.5 Å². The van der Waals surface area contributed by atoms with Crippen LogP contribution in [0.15, 0.2) is 54.9 Å². The maximum absolute atomic E-state index is 12.5. The van der Waals surface area contributed by atoms with E-state index in [-0.39, 0.29) is 17.7 Å². The number of likely N-dealkylation sites (tertiary alicyclic amines) is 1. The smallest absolute Gasteiger partial charge is 0.317 e. The summed E-state index contributed by atoms with van der Waals surface area (Å²) in [6.45, 7) is 1.69. The van der Waals surface area contributed by atoms with Gasteiger partial charge in [0.1, 0.15) is 0 Å². The van der Waals surface area contributed by atoms with Gasteiger partial charge >= 0.3 is 6.03 Å². The highest BCUT2D eigenvalue weighted by Crippen LogP contribution is 2.21. The minimum atomic E-state index is -0.0792. The number of pyridine rings is 1. The van der Waals surface area contributed by atoms with Crippen LogP contribution in [0, 0.1) is 5.92 Å². The van der Waals surface area contributed by atoms with Gasteiger partial charge < -0.3 is 10.2 Å². The maximum atomic E-state index is 12.5. The fourth-order valence-electron chi connectivity index (χ4n) is 2.98. The first-order valence-corrected chi connectivity index (χ1v) is 8.25. The zero-order valence-electron chi connectivity index (χ0n) is 13.5. The normalized spacial score (nSPS) is 15.1. The van der Waals surface area contributed by atoms with Crippen LogP contribution in [-0.4, -0.2) is 34.8 Å². The van der Waals surface area contributed by atoms with E-state index in [0.717, 1.165) is 11.1 Å². The monoisotopic (exact) mass is 323 g/mol. The summed E-state index contributed by atoms with van der Waals surface area (Å²) >= 11 is 0. The molecule has 1 aromatic carbocycles.